The Hall–Kier alpha value is -8.44. The van der Waals surface area contributed by atoms with Crippen LogP contribution in [-0.4, -0.2) is 90.7 Å². The van der Waals surface area contributed by atoms with E-state index in [9.17, 15) is 59.6 Å². The topological polar surface area (TPSA) is 375 Å². The Morgan fingerprint density at radius 3 is 1.50 bits per heavy atom. The van der Waals surface area contributed by atoms with Crippen molar-refractivity contribution >= 4 is 69.4 Å². The molecular formula is C36H38N8O16. The van der Waals surface area contributed by atoms with E-state index in [1.165, 1.54) is 43.4 Å². The first-order chi connectivity index (χ1) is 28.2. The summed E-state index contributed by atoms with van der Waals surface area (Å²) in [6.45, 7) is 3.94. The van der Waals surface area contributed by atoms with Crippen molar-refractivity contribution < 1.29 is 59.3 Å². The van der Waals surface area contributed by atoms with Gasteiger partial charge < -0.3 is 41.7 Å². The average molecular weight is 839 g/mol. The molecular weight excluding hydrogens is 800 g/mol. The van der Waals surface area contributed by atoms with Gasteiger partial charge in [-0.25, -0.2) is 19.2 Å². The van der Waals surface area contributed by atoms with Gasteiger partial charge in [-0.15, -0.1) is 0 Å². The second kappa shape index (κ2) is 22.3. The molecule has 0 atom stereocenters. The summed E-state index contributed by atoms with van der Waals surface area (Å²) in [4.78, 5) is 84.4. The second-order valence-corrected chi connectivity index (χ2v) is 12.0. The zero-order valence-corrected chi connectivity index (χ0v) is 31.7. The standard InChI is InChI=1S/C12H14N2O4.C9H10N2O4.C8H8N2O4.C7H6N2O4/c15-12(16)10-8-9(14(17)18)4-5-11(10)13-6-2-1-3-7-13;1-2-10-7-4-3-6(9(12)13)5-8(7)11(14)15;1-9-6-3-2-5(8(11)12)4-7(6)10(13)14;8-6-3-4(9(12)13)1-2-5(6)7(10)11/h4-5,8H,1-3,6-7H2,(H,15,16);3-5,10H,2H2,1H3,(H,12,13);2-4,9H,1H3,(H,11,12);1-3H,8H2,(H,10,11). The Morgan fingerprint density at radius 2 is 1.08 bits per heavy atom. The van der Waals surface area contributed by atoms with Crippen molar-refractivity contribution in [2.24, 2.45) is 0 Å². The van der Waals surface area contributed by atoms with Crippen LogP contribution in [0.25, 0.3) is 0 Å². The van der Waals surface area contributed by atoms with Crippen molar-refractivity contribution in [2.45, 2.75) is 26.2 Å². The molecule has 0 unspecified atom stereocenters. The lowest BCUT2D eigenvalue weighted by Crippen LogP contribution is -2.30. The van der Waals surface area contributed by atoms with Crippen LogP contribution in [0, 0.1) is 40.5 Å². The van der Waals surface area contributed by atoms with Gasteiger partial charge in [-0.05, 0) is 62.6 Å². The predicted octanol–water partition coefficient (Wildman–Crippen LogP) is 6.22. The number of non-ortho nitro benzene ring substituents is 2. The molecule has 60 heavy (non-hydrogen) atoms. The number of aromatic carboxylic acids is 4. The SMILES string of the molecule is CCNc1ccc(C(=O)O)cc1[N+](=O)[O-].CNc1ccc(C(=O)O)cc1[N+](=O)[O-].Nc1cc([N+](=O)[O-])ccc1C(=O)O.O=C(O)c1cc([N+](=O)[O-])ccc1N1CCCCC1. The van der Waals surface area contributed by atoms with Gasteiger partial charge in [0.05, 0.1) is 53.3 Å². The van der Waals surface area contributed by atoms with Gasteiger partial charge in [-0.2, -0.15) is 0 Å². The van der Waals surface area contributed by atoms with Crippen molar-refractivity contribution in [1.29, 1.82) is 0 Å². The molecule has 318 valence electrons. The summed E-state index contributed by atoms with van der Waals surface area (Å²) in [6.07, 6.45) is 3.19. The van der Waals surface area contributed by atoms with E-state index in [0.29, 0.717) is 23.6 Å². The highest BCUT2D eigenvalue weighted by molar-refractivity contribution is 5.96. The summed E-state index contributed by atoms with van der Waals surface area (Å²) in [5.74, 6) is -4.69. The van der Waals surface area contributed by atoms with Crippen molar-refractivity contribution in [3.8, 4) is 0 Å². The number of nitro groups is 4. The number of hydrogen-bond donors (Lipinski definition) is 7. The first-order valence-electron chi connectivity index (χ1n) is 17.2. The number of benzene rings is 4. The number of hydrogen-bond acceptors (Lipinski definition) is 16. The maximum absolute atomic E-state index is 11.2. The zero-order chi connectivity index (χ0) is 45.3. The van der Waals surface area contributed by atoms with E-state index in [1.54, 1.807) is 6.92 Å². The number of piperidine rings is 1. The maximum atomic E-state index is 11.2. The Bertz CT molecular complexity index is 2280. The van der Waals surface area contributed by atoms with E-state index >= 15 is 0 Å². The Kier molecular flexibility index (Phi) is 17.8. The summed E-state index contributed by atoms with van der Waals surface area (Å²) in [5.41, 5.74) is 5.16. The second-order valence-electron chi connectivity index (χ2n) is 12.0. The number of rotatable bonds is 12. The van der Waals surface area contributed by atoms with Crippen molar-refractivity contribution in [2.75, 3.05) is 47.9 Å². The number of nitrogens with two attached hydrogens (primary N) is 1. The maximum Gasteiger partial charge on any atom is 0.338 e. The summed E-state index contributed by atoms with van der Waals surface area (Å²) < 4.78 is 0. The highest BCUT2D eigenvalue weighted by atomic mass is 16.6. The van der Waals surface area contributed by atoms with Crippen LogP contribution in [0.15, 0.2) is 72.8 Å². The molecule has 4 aromatic rings. The number of anilines is 4. The Balaban J connectivity index is 0.000000278. The summed E-state index contributed by atoms with van der Waals surface area (Å²) in [5, 5.41) is 82.4. The summed E-state index contributed by atoms with van der Waals surface area (Å²) >= 11 is 0. The molecule has 1 saturated heterocycles. The highest BCUT2D eigenvalue weighted by Gasteiger charge is 2.22. The number of nitro benzene ring substituents is 4. The fourth-order valence-corrected chi connectivity index (χ4v) is 5.26. The molecule has 0 amide bonds. The predicted molar refractivity (Wildman–Crippen MR) is 214 cm³/mol. The molecule has 0 aliphatic carbocycles. The molecule has 5 rings (SSSR count). The van der Waals surface area contributed by atoms with Gasteiger partial charge in [-0.1, -0.05) is 0 Å². The lowest BCUT2D eigenvalue weighted by molar-refractivity contribution is -0.385. The number of carboxylic acids is 4. The fourth-order valence-electron chi connectivity index (χ4n) is 5.26. The third kappa shape index (κ3) is 13.6. The molecule has 8 N–H and O–H groups in total. The molecule has 0 saturated carbocycles. The lowest BCUT2D eigenvalue weighted by Gasteiger charge is -2.29. The number of carbonyl (C=O) groups is 4. The molecule has 1 aliphatic heterocycles. The van der Waals surface area contributed by atoms with E-state index in [2.05, 4.69) is 10.6 Å². The van der Waals surface area contributed by atoms with Crippen molar-refractivity contribution in [1.82, 2.24) is 0 Å². The molecule has 1 aliphatic rings. The molecule has 0 aromatic heterocycles. The largest absolute Gasteiger partial charge is 0.478 e. The van der Waals surface area contributed by atoms with Crippen molar-refractivity contribution in [3.05, 3.63) is 136 Å². The van der Waals surface area contributed by atoms with Crippen LogP contribution in [0.1, 0.15) is 67.6 Å². The summed E-state index contributed by atoms with van der Waals surface area (Å²) in [6, 6.07) is 14.7. The third-order valence-electron chi connectivity index (χ3n) is 8.11. The first kappa shape index (κ1) is 47.7. The fraction of sp³-hybridized carbons (Fsp3) is 0.222. The molecule has 0 bridgehead atoms. The minimum absolute atomic E-state index is 0.00565. The molecule has 0 radical (unpaired) electrons. The van der Waals surface area contributed by atoms with Gasteiger partial charge in [0.1, 0.15) is 11.4 Å². The monoisotopic (exact) mass is 838 g/mol. The molecule has 0 spiro atoms. The number of nitrogen functional groups attached to an aromatic ring is 1. The van der Waals surface area contributed by atoms with Crippen LogP contribution >= 0.6 is 0 Å². The van der Waals surface area contributed by atoms with E-state index < -0.39 is 43.6 Å². The minimum atomic E-state index is -1.20. The first-order valence-corrected chi connectivity index (χ1v) is 17.2. The third-order valence-corrected chi connectivity index (χ3v) is 8.11. The minimum Gasteiger partial charge on any atom is -0.478 e. The Labute approximate surface area is 338 Å². The van der Waals surface area contributed by atoms with E-state index in [0.717, 1.165) is 68.8 Å². The quantitative estimate of drug-likeness (QED) is 0.0473. The number of carboxylic acid groups (broad SMARTS) is 4. The van der Waals surface area contributed by atoms with Crippen LogP contribution in [0.2, 0.25) is 0 Å². The van der Waals surface area contributed by atoms with E-state index in [4.69, 9.17) is 26.2 Å². The van der Waals surface area contributed by atoms with E-state index in [1.807, 2.05) is 4.90 Å². The van der Waals surface area contributed by atoms with Crippen LogP contribution < -0.4 is 21.3 Å². The van der Waals surface area contributed by atoms with E-state index in [-0.39, 0.29) is 50.7 Å². The number of nitrogens with one attached hydrogen (secondary N) is 2. The molecule has 4 aromatic carbocycles. The molecule has 24 heteroatoms. The van der Waals surface area contributed by atoms with Crippen LogP contribution in [0.5, 0.6) is 0 Å². The summed E-state index contributed by atoms with van der Waals surface area (Å²) in [7, 11) is 1.53. The van der Waals surface area contributed by atoms with Gasteiger partial charge in [0.15, 0.2) is 0 Å². The van der Waals surface area contributed by atoms with Gasteiger partial charge in [0.2, 0.25) is 0 Å². The lowest BCUT2D eigenvalue weighted by atomic mass is 10.1. The van der Waals surface area contributed by atoms with Gasteiger partial charge in [0.25, 0.3) is 22.7 Å². The number of nitrogens with zero attached hydrogens (tertiary/aromatic N) is 5. The normalized spacial score (nSPS) is 11.3. The van der Waals surface area contributed by atoms with Gasteiger partial charge in [-0.3, -0.25) is 40.5 Å². The van der Waals surface area contributed by atoms with Gasteiger partial charge in [0, 0.05) is 63.1 Å². The van der Waals surface area contributed by atoms with Crippen LogP contribution in [0.4, 0.5) is 45.5 Å². The molecule has 1 heterocycles. The van der Waals surface area contributed by atoms with Gasteiger partial charge >= 0.3 is 23.9 Å². The molecule has 24 nitrogen and oxygen atoms in total. The average Bonchev–Trinajstić information content (AvgIpc) is 3.21. The van der Waals surface area contributed by atoms with Crippen LogP contribution in [0.3, 0.4) is 0 Å². The highest BCUT2D eigenvalue weighted by Crippen LogP contribution is 2.29. The smallest absolute Gasteiger partial charge is 0.338 e. The zero-order valence-electron chi connectivity index (χ0n) is 31.7. The van der Waals surface area contributed by atoms with Crippen molar-refractivity contribution in [3.63, 3.8) is 0 Å². The molecule has 1 fully saturated rings. The Morgan fingerprint density at radius 1 is 0.617 bits per heavy atom. The van der Waals surface area contributed by atoms with Crippen LogP contribution in [-0.2, 0) is 0 Å².